The molecule has 0 radical (unpaired) electrons. The first-order valence-corrected chi connectivity index (χ1v) is 10.1. The third kappa shape index (κ3) is 6.08. The lowest BCUT2D eigenvalue weighted by Crippen LogP contribution is -2.43. The minimum absolute atomic E-state index is 0.0801. The third-order valence-corrected chi connectivity index (χ3v) is 5.05. The predicted molar refractivity (Wildman–Crippen MR) is 113 cm³/mol. The van der Waals surface area contributed by atoms with Crippen LogP contribution >= 0.6 is 0 Å². The van der Waals surface area contributed by atoms with Gasteiger partial charge in [0.1, 0.15) is 5.75 Å². The number of likely N-dealkylation sites (N-methyl/N-ethyl adjacent to an activating group) is 1. The van der Waals surface area contributed by atoms with Crippen LogP contribution in [0.3, 0.4) is 0 Å². The van der Waals surface area contributed by atoms with Crippen molar-refractivity contribution in [2.75, 3.05) is 39.8 Å². The summed E-state index contributed by atoms with van der Waals surface area (Å²) in [4.78, 5) is 17.3. The summed E-state index contributed by atoms with van der Waals surface area (Å²) in [6.45, 7) is 8.74. The smallest absolute Gasteiger partial charge is 0.251 e. The number of hydrogen-bond donors (Lipinski definition) is 1. The van der Waals surface area contributed by atoms with E-state index >= 15 is 0 Å². The van der Waals surface area contributed by atoms with Gasteiger partial charge in [0.15, 0.2) is 0 Å². The fourth-order valence-corrected chi connectivity index (χ4v) is 3.26. The zero-order valence-electron chi connectivity index (χ0n) is 17.0. The van der Waals surface area contributed by atoms with Gasteiger partial charge < -0.3 is 15.0 Å². The number of carbonyl (C=O) groups excluding carboxylic acids is 1. The Labute approximate surface area is 168 Å². The highest BCUT2D eigenvalue weighted by Gasteiger charge is 2.13. The van der Waals surface area contributed by atoms with Crippen LogP contribution in [0.4, 0.5) is 0 Å². The number of carbonyl (C=O) groups is 1. The lowest BCUT2D eigenvalue weighted by Gasteiger charge is -2.32. The Kier molecular flexibility index (Phi) is 7.46. The van der Waals surface area contributed by atoms with Crippen molar-refractivity contribution in [2.45, 2.75) is 26.4 Å². The summed E-state index contributed by atoms with van der Waals surface area (Å²) in [7, 11) is 2.18. The lowest BCUT2D eigenvalue weighted by atomic mass is 10.1. The van der Waals surface area contributed by atoms with Gasteiger partial charge in [0, 0.05) is 44.8 Å². The second-order valence-electron chi connectivity index (χ2n) is 7.45. The fourth-order valence-electron chi connectivity index (χ4n) is 3.26. The van der Waals surface area contributed by atoms with Gasteiger partial charge in [0.25, 0.3) is 5.91 Å². The van der Waals surface area contributed by atoms with Gasteiger partial charge in [-0.2, -0.15) is 0 Å². The molecule has 2 aromatic rings. The molecule has 3 rings (SSSR count). The number of nitrogens with one attached hydrogen (secondary N) is 1. The van der Waals surface area contributed by atoms with Crippen molar-refractivity contribution < 1.29 is 9.53 Å². The second kappa shape index (κ2) is 10.2. The monoisotopic (exact) mass is 381 g/mol. The summed E-state index contributed by atoms with van der Waals surface area (Å²) in [5.41, 5.74) is 3.05. The van der Waals surface area contributed by atoms with Crippen molar-refractivity contribution in [1.29, 1.82) is 0 Å². The van der Waals surface area contributed by atoms with Gasteiger partial charge in [0.2, 0.25) is 0 Å². The number of benzene rings is 2. The second-order valence-corrected chi connectivity index (χ2v) is 7.45. The molecule has 5 heteroatoms. The average Bonchev–Trinajstić information content (AvgIpc) is 2.73. The largest absolute Gasteiger partial charge is 0.494 e. The van der Waals surface area contributed by atoms with Crippen LogP contribution < -0.4 is 10.1 Å². The zero-order chi connectivity index (χ0) is 19.8. The Morgan fingerprint density at radius 2 is 1.75 bits per heavy atom. The molecule has 1 aliphatic rings. The maximum Gasteiger partial charge on any atom is 0.251 e. The van der Waals surface area contributed by atoms with Crippen molar-refractivity contribution in [1.82, 2.24) is 15.1 Å². The Hall–Kier alpha value is -2.37. The lowest BCUT2D eigenvalue weighted by molar-refractivity contribution is 0.0950. The third-order valence-electron chi connectivity index (χ3n) is 5.05. The van der Waals surface area contributed by atoms with E-state index in [1.54, 1.807) is 6.07 Å². The van der Waals surface area contributed by atoms with Crippen LogP contribution in [0.5, 0.6) is 5.75 Å². The van der Waals surface area contributed by atoms with Crippen molar-refractivity contribution in [3.8, 4) is 5.75 Å². The topological polar surface area (TPSA) is 44.8 Å². The number of hydrogen-bond acceptors (Lipinski definition) is 4. The molecule has 1 saturated heterocycles. The first kappa shape index (κ1) is 20.4. The molecule has 0 aromatic heterocycles. The summed E-state index contributed by atoms with van der Waals surface area (Å²) in [6, 6.07) is 15.9. The van der Waals surface area contributed by atoms with Gasteiger partial charge >= 0.3 is 0 Å². The molecular weight excluding hydrogens is 350 g/mol. The predicted octanol–water partition coefficient (Wildman–Crippen LogP) is 3.15. The average molecular weight is 382 g/mol. The summed E-state index contributed by atoms with van der Waals surface area (Å²) in [5.74, 6) is 0.659. The van der Waals surface area contributed by atoms with Crippen LogP contribution in [0.15, 0.2) is 48.5 Å². The van der Waals surface area contributed by atoms with E-state index in [9.17, 15) is 4.79 Å². The molecule has 1 amide bonds. The minimum Gasteiger partial charge on any atom is -0.494 e. The van der Waals surface area contributed by atoms with Crippen LogP contribution in [0.2, 0.25) is 0 Å². The molecule has 0 atom stereocenters. The Balaban J connectivity index is 1.48. The van der Waals surface area contributed by atoms with Gasteiger partial charge in [-0.3, -0.25) is 9.69 Å². The Morgan fingerprint density at radius 3 is 2.46 bits per heavy atom. The van der Waals surface area contributed by atoms with Crippen LogP contribution in [-0.4, -0.2) is 55.5 Å². The highest BCUT2D eigenvalue weighted by Crippen LogP contribution is 2.14. The fraction of sp³-hybridized carbons (Fsp3) is 0.435. The zero-order valence-corrected chi connectivity index (χ0v) is 17.0. The van der Waals surface area contributed by atoms with E-state index in [-0.39, 0.29) is 5.91 Å². The van der Waals surface area contributed by atoms with Crippen LogP contribution in [0.1, 0.15) is 34.8 Å². The van der Waals surface area contributed by atoms with Gasteiger partial charge in [-0.15, -0.1) is 0 Å². The van der Waals surface area contributed by atoms with Crippen LogP contribution in [-0.2, 0) is 13.1 Å². The normalized spacial score (nSPS) is 15.4. The molecule has 0 bridgehead atoms. The van der Waals surface area contributed by atoms with Crippen molar-refractivity contribution >= 4 is 5.91 Å². The highest BCUT2D eigenvalue weighted by atomic mass is 16.5. The molecule has 5 nitrogen and oxygen atoms in total. The van der Waals surface area contributed by atoms with E-state index in [1.165, 1.54) is 5.56 Å². The molecule has 1 fully saturated rings. The quantitative estimate of drug-likeness (QED) is 0.763. The maximum absolute atomic E-state index is 12.4. The molecule has 28 heavy (non-hydrogen) atoms. The first-order valence-electron chi connectivity index (χ1n) is 10.1. The van der Waals surface area contributed by atoms with E-state index in [0.717, 1.165) is 50.5 Å². The van der Waals surface area contributed by atoms with E-state index in [4.69, 9.17) is 4.74 Å². The van der Waals surface area contributed by atoms with E-state index in [2.05, 4.69) is 53.4 Å². The van der Waals surface area contributed by atoms with E-state index in [1.807, 2.05) is 18.2 Å². The minimum atomic E-state index is -0.0801. The number of ether oxygens (including phenoxy) is 1. The number of nitrogens with zero attached hydrogens (tertiary/aromatic N) is 2. The van der Waals surface area contributed by atoms with Crippen LogP contribution in [0.25, 0.3) is 0 Å². The van der Waals surface area contributed by atoms with Crippen molar-refractivity contribution in [2.24, 2.45) is 0 Å². The SMILES string of the molecule is CCCOc1cccc(C(=O)NCc2ccc(CN3CCN(C)CC3)cc2)c1. The highest BCUT2D eigenvalue weighted by molar-refractivity contribution is 5.94. The van der Waals surface area contributed by atoms with Gasteiger partial charge in [-0.1, -0.05) is 37.3 Å². The van der Waals surface area contributed by atoms with E-state index < -0.39 is 0 Å². The number of rotatable bonds is 8. The van der Waals surface area contributed by atoms with E-state index in [0.29, 0.717) is 18.7 Å². The molecule has 150 valence electrons. The summed E-state index contributed by atoms with van der Waals surface area (Å²) >= 11 is 0. The Morgan fingerprint density at radius 1 is 1.04 bits per heavy atom. The standard InChI is InChI=1S/C23H31N3O2/c1-3-15-28-22-6-4-5-21(16-22)23(27)24-17-19-7-9-20(10-8-19)18-26-13-11-25(2)12-14-26/h4-10,16H,3,11-15,17-18H2,1-2H3,(H,24,27). The summed E-state index contributed by atoms with van der Waals surface area (Å²) in [5, 5.41) is 2.99. The molecule has 1 aliphatic heterocycles. The number of amides is 1. The molecular formula is C23H31N3O2. The molecule has 0 spiro atoms. The van der Waals surface area contributed by atoms with Crippen LogP contribution in [0, 0.1) is 0 Å². The summed E-state index contributed by atoms with van der Waals surface area (Å²) < 4.78 is 5.60. The Bertz CT molecular complexity index is 753. The molecule has 1 N–H and O–H groups in total. The van der Waals surface area contributed by atoms with Gasteiger partial charge in [0.05, 0.1) is 6.61 Å². The first-order chi connectivity index (χ1) is 13.6. The van der Waals surface area contributed by atoms with Crippen molar-refractivity contribution in [3.63, 3.8) is 0 Å². The van der Waals surface area contributed by atoms with Gasteiger partial charge in [-0.25, -0.2) is 0 Å². The molecule has 2 aromatic carbocycles. The molecule has 1 heterocycles. The number of piperazine rings is 1. The maximum atomic E-state index is 12.4. The molecule has 0 unspecified atom stereocenters. The molecule has 0 aliphatic carbocycles. The molecule has 0 saturated carbocycles. The van der Waals surface area contributed by atoms with Crippen molar-refractivity contribution in [3.05, 3.63) is 65.2 Å². The summed E-state index contributed by atoms with van der Waals surface area (Å²) in [6.07, 6.45) is 0.946. The van der Waals surface area contributed by atoms with Gasteiger partial charge in [-0.05, 0) is 42.8 Å².